The van der Waals surface area contributed by atoms with Crippen molar-refractivity contribution in [2.75, 3.05) is 13.2 Å². The van der Waals surface area contributed by atoms with E-state index < -0.39 is 12.1 Å². The summed E-state index contributed by atoms with van der Waals surface area (Å²) in [6.07, 6.45) is 91.1. The first-order valence-corrected chi connectivity index (χ1v) is 37.6. The first kappa shape index (κ1) is 80.3. The van der Waals surface area contributed by atoms with Gasteiger partial charge in [0.05, 0.1) is 25.4 Å². The van der Waals surface area contributed by atoms with E-state index in [2.05, 4.69) is 43.5 Å². The van der Waals surface area contributed by atoms with Crippen molar-refractivity contribution in [3.05, 3.63) is 24.3 Å². The van der Waals surface area contributed by atoms with Crippen LogP contribution in [0, 0.1) is 0 Å². The fourth-order valence-electron chi connectivity index (χ4n) is 12.0. The second-order valence-electron chi connectivity index (χ2n) is 26.0. The minimum absolute atomic E-state index is 0.0130. The van der Waals surface area contributed by atoms with Gasteiger partial charge < -0.3 is 20.3 Å². The molecule has 0 saturated heterocycles. The lowest BCUT2D eigenvalue weighted by Crippen LogP contribution is -2.45. The van der Waals surface area contributed by atoms with Crippen molar-refractivity contribution in [3.8, 4) is 0 Å². The van der Waals surface area contributed by atoms with Crippen LogP contribution >= 0.6 is 0 Å². The quantitative estimate of drug-likeness (QED) is 0.0320. The fraction of sp³-hybridized carbons (Fsp3) is 0.921. The molecule has 0 aromatic heterocycles. The van der Waals surface area contributed by atoms with E-state index >= 15 is 0 Å². The lowest BCUT2D eigenvalue weighted by Gasteiger charge is -2.22. The number of allylic oxidation sites excluding steroid dienone is 4. The Morgan fingerprint density at radius 3 is 0.866 bits per heavy atom. The van der Waals surface area contributed by atoms with Gasteiger partial charge in [0.15, 0.2) is 0 Å². The number of hydrogen-bond acceptors (Lipinski definition) is 5. The van der Waals surface area contributed by atoms with Gasteiger partial charge in [0.25, 0.3) is 0 Å². The smallest absolute Gasteiger partial charge is 0.305 e. The van der Waals surface area contributed by atoms with Crippen LogP contribution in [0.5, 0.6) is 0 Å². The maximum Gasteiger partial charge on any atom is 0.305 e. The summed E-state index contributed by atoms with van der Waals surface area (Å²) in [7, 11) is 0. The normalized spacial score (nSPS) is 12.6. The molecule has 0 aliphatic heterocycles. The number of hydrogen-bond donors (Lipinski definition) is 3. The van der Waals surface area contributed by atoms with E-state index in [4.69, 9.17) is 4.74 Å². The first-order chi connectivity index (χ1) is 40.5. The van der Waals surface area contributed by atoms with Crippen molar-refractivity contribution in [1.82, 2.24) is 5.32 Å². The molecule has 0 aliphatic rings. The zero-order valence-corrected chi connectivity index (χ0v) is 55.8. The first-order valence-electron chi connectivity index (χ1n) is 37.6. The van der Waals surface area contributed by atoms with Crippen molar-refractivity contribution < 1.29 is 24.5 Å². The highest BCUT2D eigenvalue weighted by atomic mass is 16.5. The summed E-state index contributed by atoms with van der Waals surface area (Å²) in [4.78, 5) is 24.6. The van der Waals surface area contributed by atoms with E-state index in [1.165, 1.54) is 347 Å². The Morgan fingerprint density at radius 1 is 0.329 bits per heavy atom. The van der Waals surface area contributed by atoms with Gasteiger partial charge in [0.2, 0.25) is 5.91 Å². The zero-order chi connectivity index (χ0) is 59.2. The lowest BCUT2D eigenvalue weighted by atomic mass is 10.0. The van der Waals surface area contributed by atoms with Gasteiger partial charge in [-0.25, -0.2) is 0 Å². The lowest BCUT2D eigenvalue weighted by molar-refractivity contribution is -0.143. The molecule has 82 heavy (non-hydrogen) atoms. The van der Waals surface area contributed by atoms with Crippen LogP contribution in [-0.2, 0) is 14.3 Å². The van der Waals surface area contributed by atoms with Gasteiger partial charge in [-0.1, -0.05) is 359 Å². The van der Waals surface area contributed by atoms with E-state index in [1.807, 2.05) is 0 Å². The summed E-state index contributed by atoms with van der Waals surface area (Å²) in [6, 6.07) is -0.538. The summed E-state index contributed by atoms with van der Waals surface area (Å²) in [6.45, 7) is 4.98. The summed E-state index contributed by atoms with van der Waals surface area (Å²) in [5.41, 5.74) is 0. The average molecular weight is 1160 g/mol. The van der Waals surface area contributed by atoms with Crippen molar-refractivity contribution in [2.45, 2.75) is 437 Å². The van der Waals surface area contributed by atoms with E-state index in [-0.39, 0.29) is 18.5 Å². The standard InChI is InChI=1S/C76H147NO5/c1-3-5-7-9-11-13-15-17-40-44-48-52-56-60-64-68-74(79)73(72-78)77-75(80)69-65-61-57-53-49-45-42-38-36-34-32-30-28-26-24-22-20-19-21-23-25-27-29-31-33-35-37-39-43-47-51-55-59-63-67-71-82-76(81)70-66-62-58-54-50-46-41-18-16-14-12-10-8-6-4-2/h18,21,23,41,73-74,78-79H,3-17,19-20,22,24-40,42-72H2,1-2H3,(H,77,80)/b23-21-,41-18-. The highest BCUT2D eigenvalue weighted by Crippen LogP contribution is 2.19. The molecule has 486 valence electrons. The van der Waals surface area contributed by atoms with Gasteiger partial charge in [-0.15, -0.1) is 0 Å². The van der Waals surface area contributed by atoms with Crippen LogP contribution in [0.3, 0.4) is 0 Å². The number of unbranched alkanes of at least 4 members (excludes halogenated alkanes) is 56. The molecule has 0 saturated carbocycles. The molecular weight excluding hydrogens is 1010 g/mol. The molecule has 2 atom stereocenters. The maximum absolute atomic E-state index is 12.5. The molecule has 0 radical (unpaired) electrons. The molecule has 2 unspecified atom stereocenters. The maximum atomic E-state index is 12.5. The largest absolute Gasteiger partial charge is 0.466 e. The van der Waals surface area contributed by atoms with E-state index in [0.717, 1.165) is 44.9 Å². The van der Waals surface area contributed by atoms with Gasteiger partial charge in [0, 0.05) is 12.8 Å². The van der Waals surface area contributed by atoms with Crippen LogP contribution in [0.25, 0.3) is 0 Å². The third kappa shape index (κ3) is 67.5. The molecular formula is C76H147NO5. The minimum atomic E-state index is -0.661. The molecule has 0 aromatic rings. The van der Waals surface area contributed by atoms with Crippen LogP contribution in [-0.4, -0.2) is 47.4 Å². The molecule has 0 aliphatic carbocycles. The Bertz CT molecular complexity index is 1280. The number of esters is 1. The Balaban J connectivity index is 3.33. The Morgan fingerprint density at radius 2 is 0.573 bits per heavy atom. The molecule has 0 fully saturated rings. The number of amides is 1. The Kier molecular flexibility index (Phi) is 70.4. The number of carbonyl (C=O) groups is 2. The van der Waals surface area contributed by atoms with E-state index in [9.17, 15) is 19.8 Å². The highest BCUT2D eigenvalue weighted by molar-refractivity contribution is 5.76. The molecule has 0 bridgehead atoms. The Hall–Kier alpha value is -1.66. The number of aliphatic hydroxyl groups excluding tert-OH is 2. The molecule has 6 nitrogen and oxygen atoms in total. The third-order valence-electron chi connectivity index (χ3n) is 17.7. The second kappa shape index (κ2) is 71.8. The van der Waals surface area contributed by atoms with Gasteiger partial charge in [-0.05, 0) is 77.0 Å². The fourth-order valence-corrected chi connectivity index (χ4v) is 12.0. The van der Waals surface area contributed by atoms with Gasteiger partial charge in [-0.3, -0.25) is 9.59 Å². The van der Waals surface area contributed by atoms with E-state index in [1.54, 1.807) is 0 Å². The summed E-state index contributed by atoms with van der Waals surface area (Å²) in [5.74, 6) is -0.0151. The van der Waals surface area contributed by atoms with Crippen LogP contribution in [0.2, 0.25) is 0 Å². The monoisotopic (exact) mass is 1150 g/mol. The molecule has 0 spiro atoms. The number of ether oxygens (including phenoxy) is 1. The summed E-state index contributed by atoms with van der Waals surface area (Å²) in [5, 5.41) is 23.3. The number of rotatable bonds is 71. The van der Waals surface area contributed by atoms with E-state index in [0.29, 0.717) is 25.9 Å². The summed E-state index contributed by atoms with van der Waals surface area (Å²) < 4.78 is 5.50. The number of aliphatic hydroxyl groups is 2. The van der Waals surface area contributed by atoms with Crippen molar-refractivity contribution in [3.63, 3.8) is 0 Å². The van der Waals surface area contributed by atoms with Gasteiger partial charge >= 0.3 is 5.97 Å². The van der Waals surface area contributed by atoms with Crippen molar-refractivity contribution >= 4 is 11.9 Å². The molecule has 6 heteroatoms. The zero-order valence-electron chi connectivity index (χ0n) is 55.8. The topological polar surface area (TPSA) is 95.9 Å². The predicted molar refractivity (Wildman–Crippen MR) is 361 cm³/mol. The molecule has 0 aromatic carbocycles. The van der Waals surface area contributed by atoms with Crippen LogP contribution in [0.1, 0.15) is 425 Å². The van der Waals surface area contributed by atoms with Gasteiger partial charge in [-0.2, -0.15) is 0 Å². The van der Waals surface area contributed by atoms with Crippen molar-refractivity contribution in [2.24, 2.45) is 0 Å². The molecule has 3 N–H and O–H groups in total. The number of carbonyl (C=O) groups excluding carboxylic acids is 2. The highest BCUT2D eigenvalue weighted by Gasteiger charge is 2.20. The van der Waals surface area contributed by atoms with Crippen molar-refractivity contribution in [1.29, 1.82) is 0 Å². The third-order valence-corrected chi connectivity index (χ3v) is 17.7. The Labute approximate surface area is 513 Å². The second-order valence-corrected chi connectivity index (χ2v) is 26.0. The average Bonchev–Trinajstić information content (AvgIpc) is 3.48. The SMILES string of the molecule is CCCCCCCC/C=C\CCCCCCCC(=O)OCCCCCCCCCCCCCCCC/C=C\CCCCCCCCCCCCCCCCCCCC(=O)NC(CO)C(O)CCCCCCCCCCCCCCCCC. The molecule has 0 heterocycles. The van der Waals surface area contributed by atoms with Crippen LogP contribution in [0.4, 0.5) is 0 Å². The molecule has 1 amide bonds. The minimum Gasteiger partial charge on any atom is -0.466 e. The predicted octanol–water partition coefficient (Wildman–Crippen LogP) is 24.5. The van der Waals surface area contributed by atoms with Gasteiger partial charge in [0.1, 0.15) is 0 Å². The molecule has 0 rings (SSSR count). The van der Waals surface area contributed by atoms with Crippen LogP contribution < -0.4 is 5.32 Å². The number of nitrogens with one attached hydrogen (secondary N) is 1. The summed E-state index contributed by atoms with van der Waals surface area (Å²) >= 11 is 0. The van der Waals surface area contributed by atoms with Crippen LogP contribution in [0.15, 0.2) is 24.3 Å².